The van der Waals surface area contributed by atoms with E-state index >= 15 is 0 Å². The monoisotopic (exact) mass is 315 g/mol. The number of carbonyl (C=O) groups is 1. The van der Waals surface area contributed by atoms with Crippen LogP contribution in [0.4, 0.5) is 5.69 Å². The number of hydrogen-bond acceptors (Lipinski definition) is 5. The van der Waals surface area contributed by atoms with Crippen LogP contribution in [-0.4, -0.2) is 26.7 Å². The highest BCUT2D eigenvalue weighted by Crippen LogP contribution is 2.13. The third kappa shape index (κ3) is 4.00. The second kappa shape index (κ2) is 6.82. The van der Waals surface area contributed by atoms with Gasteiger partial charge in [0.15, 0.2) is 5.69 Å². The summed E-state index contributed by atoms with van der Waals surface area (Å²) in [5, 5.41) is 21.3. The summed E-state index contributed by atoms with van der Waals surface area (Å²) in [7, 11) is 0. The summed E-state index contributed by atoms with van der Waals surface area (Å²) in [6.45, 7) is 5.68. The van der Waals surface area contributed by atoms with Crippen molar-refractivity contribution in [1.29, 1.82) is 0 Å². The number of aromatic amines is 1. The number of nitro benzene ring substituents is 1. The largest absolute Gasteiger partial charge is 0.291 e. The SMILES string of the molecule is C/C(=N/NC(=O)c1cc(C(C)C)[nH]n1)c1ccc([N+](=O)[O-])cc1. The molecular weight excluding hydrogens is 298 g/mol. The molecule has 2 rings (SSSR count). The fraction of sp³-hybridized carbons (Fsp3) is 0.267. The van der Waals surface area contributed by atoms with Crippen molar-refractivity contribution in [2.45, 2.75) is 26.7 Å². The van der Waals surface area contributed by atoms with Gasteiger partial charge in [-0.3, -0.25) is 20.0 Å². The first kappa shape index (κ1) is 16.3. The minimum atomic E-state index is -0.470. The van der Waals surface area contributed by atoms with Crippen molar-refractivity contribution in [1.82, 2.24) is 15.6 Å². The number of nitro groups is 1. The molecule has 0 saturated heterocycles. The van der Waals surface area contributed by atoms with Crippen LogP contribution >= 0.6 is 0 Å². The number of H-pyrrole nitrogens is 1. The number of benzene rings is 1. The van der Waals surface area contributed by atoms with Gasteiger partial charge in [-0.05, 0) is 36.6 Å². The fourth-order valence-corrected chi connectivity index (χ4v) is 1.83. The lowest BCUT2D eigenvalue weighted by Crippen LogP contribution is -2.19. The summed E-state index contributed by atoms with van der Waals surface area (Å²) in [5.41, 5.74) is 4.76. The Kier molecular flexibility index (Phi) is 4.85. The Morgan fingerprint density at radius 3 is 2.52 bits per heavy atom. The molecule has 0 radical (unpaired) electrons. The minimum absolute atomic E-state index is 0.00308. The number of hydrogen-bond donors (Lipinski definition) is 2. The molecule has 23 heavy (non-hydrogen) atoms. The van der Waals surface area contributed by atoms with Crippen LogP contribution in [0.5, 0.6) is 0 Å². The standard InChI is InChI=1S/C15H17N5O3/c1-9(2)13-8-14(18-17-13)15(21)19-16-10(3)11-4-6-12(7-5-11)20(22)23/h4-9H,1-3H3,(H,17,18)(H,19,21)/b16-10-. The quantitative estimate of drug-likeness (QED) is 0.501. The molecule has 1 aromatic heterocycles. The maximum atomic E-state index is 12.0. The smallest absolute Gasteiger partial charge is 0.282 e. The molecule has 0 aliphatic heterocycles. The van der Waals surface area contributed by atoms with E-state index in [-0.39, 0.29) is 17.3 Å². The lowest BCUT2D eigenvalue weighted by molar-refractivity contribution is -0.384. The lowest BCUT2D eigenvalue weighted by atomic mass is 10.1. The van der Waals surface area contributed by atoms with Crippen LogP contribution in [0.25, 0.3) is 0 Å². The Labute approximate surface area is 132 Å². The van der Waals surface area contributed by atoms with E-state index in [2.05, 4.69) is 20.7 Å². The highest BCUT2D eigenvalue weighted by atomic mass is 16.6. The predicted molar refractivity (Wildman–Crippen MR) is 85.5 cm³/mol. The van der Waals surface area contributed by atoms with Crippen molar-refractivity contribution in [3.8, 4) is 0 Å². The van der Waals surface area contributed by atoms with E-state index in [1.165, 1.54) is 12.1 Å². The average molecular weight is 315 g/mol. The van der Waals surface area contributed by atoms with Gasteiger partial charge in [-0.25, -0.2) is 5.43 Å². The summed E-state index contributed by atoms with van der Waals surface area (Å²) < 4.78 is 0. The zero-order valence-electron chi connectivity index (χ0n) is 13.0. The third-order valence-corrected chi connectivity index (χ3v) is 3.27. The van der Waals surface area contributed by atoms with E-state index in [0.29, 0.717) is 11.3 Å². The molecule has 8 nitrogen and oxygen atoms in total. The Morgan fingerprint density at radius 2 is 2.00 bits per heavy atom. The Balaban J connectivity index is 2.05. The van der Waals surface area contributed by atoms with Gasteiger partial charge in [-0.1, -0.05) is 13.8 Å². The number of nitrogens with one attached hydrogen (secondary N) is 2. The molecule has 0 spiro atoms. The van der Waals surface area contributed by atoms with Crippen molar-refractivity contribution in [2.24, 2.45) is 5.10 Å². The van der Waals surface area contributed by atoms with E-state index < -0.39 is 10.8 Å². The fourth-order valence-electron chi connectivity index (χ4n) is 1.83. The first-order chi connectivity index (χ1) is 10.9. The molecule has 2 aromatic rings. The van der Waals surface area contributed by atoms with Crippen molar-refractivity contribution in [3.63, 3.8) is 0 Å². The summed E-state index contributed by atoms with van der Waals surface area (Å²) >= 11 is 0. The maximum Gasteiger partial charge on any atom is 0.291 e. The van der Waals surface area contributed by atoms with Crippen LogP contribution in [0.15, 0.2) is 35.4 Å². The summed E-state index contributed by atoms with van der Waals surface area (Å²) in [5.74, 6) is -0.177. The highest BCUT2D eigenvalue weighted by molar-refractivity contribution is 6.00. The van der Waals surface area contributed by atoms with Crippen molar-refractivity contribution in [3.05, 3.63) is 57.4 Å². The van der Waals surface area contributed by atoms with E-state index in [9.17, 15) is 14.9 Å². The molecular formula is C15H17N5O3. The summed E-state index contributed by atoms with van der Waals surface area (Å²) in [6, 6.07) is 7.61. The molecule has 0 aliphatic carbocycles. The van der Waals surface area contributed by atoms with E-state index in [4.69, 9.17) is 0 Å². The zero-order valence-corrected chi connectivity index (χ0v) is 13.0. The first-order valence-electron chi connectivity index (χ1n) is 7.03. The Morgan fingerprint density at radius 1 is 1.35 bits per heavy atom. The Bertz CT molecular complexity index is 747. The Hall–Kier alpha value is -3.03. The van der Waals surface area contributed by atoms with E-state index in [0.717, 1.165) is 5.69 Å². The molecule has 0 fully saturated rings. The van der Waals surface area contributed by atoms with Crippen LogP contribution < -0.4 is 5.43 Å². The average Bonchev–Trinajstić information content (AvgIpc) is 3.02. The van der Waals surface area contributed by atoms with Crippen molar-refractivity contribution >= 4 is 17.3 Å². The van der Waals surface area contributed by atoms with Crippen molar-refractivity contribution < 1.29 is 9.72 Å². The van der Waals surface area contributed by atoms with Gasteiger partial charge in [0.25, 0.3) is 11.6 Å². The predicted octanol–water partition coefficient (Wildman–Crippen LogP) is 2.60. The summed E-state index contributed by atoms with van der Waals surface area (Å²) in [4.78, 5) is 22.1. The van der Waals surface area contributed by atoms with E-state index in [1.807, 2.05) is 13.8 Å². The van der Waals surface area contributed by atoms with Gasteiger partial charge in [-0.2, -0.15) is 10.2 Å². The van der Waals surface area contributed by atoms with Gasteiger partial charge >= 0.3 is 0 Å². The molecule has 8 heteroatoms. The molecule has 120 valence electrons. The topological polar surface area (TPSA) is 113 Å². The second-order valence-electron chi connectivity index (χ2n) is 5.31. The molecule has 0 bridgehead atoms. The molecule has 2 N–H and O–H groups in total. The molecule has 0 unspecified atom stereocenters. The number of rotatable bonds is 5. The number of amides is 1. The van der Waals surface area contributed by atoms with Crippen LogP contribution in [-0.2, 0) is 0 Å². The highest BCUT2D eigenvalue weighted by Gasteiger charge is 2.12. The molecule has 1 heterocycles. The van der Waals surface area contributed by atoms with Gasteiger partial charge in [0.1, 0.15) is 0 Å². The van der Waals surface area contributed by atoms with Crippen LogP contribution in [0, 0.1) is 10.1 Å². The first-order valence-corrected chi connectivity index (χ1v) is 7.03. The van der Waals surface area contributed by atoms with Gasteiger partial charge in [0.05, 0.1) is 10.6 Å². The molecule has 1 amide bonds. The van der Waals surface area contributed by atoms with Crippen LogP contribution in [0.2, 0.25) is 0 Å². The van der Waals surface area contributed by atoms with Gasteiger partial charge in [0, 0.05) is 17.8 Å². The normalized spacial score (nSPS) is 11.6. The minimum Gasteiger partial charge on any atom is -0.282 e. The van der Waals surface area contributed by atoms with Crippen molar-refractivity contribution in [2.75, 3.05) is 0 Å². The molecule has 0 saturated carbocycles. The lowest BCUT2D eigenvalue weighted by Gasteiger charge is -2.01. The molecule has 0 aliphatic rings. The van der Waals surface area contributed by atoms with Gasteiger partial charge in [-0.15, -0.1) is 0 Å². The number of aromatic nitrogens is 2. The maximum absolute atomic E-state index is 12.0. The number of non-ortho nitro benzene ring substituents is 1. The summed E-state index contributed by atoms with van der Waals surface area (Å²) in [6.07, 6.45) is 0. The van der Waals surface area contributed by atoms with E-state index in [1.54, 1.807) is 25.1 Å². The van der Waals surface area contributed by atoms with Gasteiger partial charge < -0.3 is 0 Å². The molecule has 1 aromatic carbocycles. The number of hydrazone groups is 1. The number of carbonyl (C=O) groups excluding carboxylic acids is 1. The second-order valence-corrected chi connectivity index (χ2v) is 5.31. The number of nitrogens with zero attached hydrogens (tertiary/aromatic N) is 3. The van der Waals surface area contributed by atoms with Crippen LogP contribution in [0.3, 0.4) is 0 Å². The van der Waals surface area contributed by atoms with Crippen LogP contribution in [0.1, 0.15) is 48.4 Å². The molecule has 0 atom stereocenters. The zero-order chi connectivity index (χ0) is 17.0. The third-order valence-electron chi connectivity index (χ3n) is 3.27. The van der Waals surface area contributed by atoms with Gasteiger partial charge in [0.2, 0.25) is 0 Å².